The van der Waals surface area contributed by atoms with Gasteiger partial charge in [-0.25, -0.2) is 9.31 Å². The lowest BCUT2D eigenvalue weighted by Gasteiger charge is -2.12. The summed E-state index contributed by atoms with van der Waals surface area (Å²) in [4.78, 5) is 15.7. The summed E-state index contributed by atoms with van der Waals surface area (Å²) in [6, 6.07) is 5.17. The van der Waals surface area contributed by atoms with Crippen LogP contribution in [0, 0.1) is 0 Å². The Morgan fingerprint density at radius 1 is 1.59 bits per heavy atom. The molecule has 0 aliphatic carbocycles. The van der Waals surface area contributed by atoms with E-state index in [0.29, 0.717) is 12.4 Å². The lowest BCUT2D eigenvalue weighted by molar-refractivity contribution is -0.141. The third kappa shape index (κ3) is 2.35. The number of nitrogens with zero attached hydrogens (tertiary/aromatic N) is 3. The van der Waals surface area contributed by atoms with Crippen molar-refractivity contribution in [2.75, 3.05) is 12.4 Å². The van der Waals surface area contributed by atoms with Crippen molar-refractivity contribution < 1.29 is 9.53 Å². The van der Waals surface area contributed by atoms with Gasteiger partial charge in [0.25, 0.3) is 0 Å². The van der Waals surface area contributed by atoms with Gasteiger partial charge < -0.3 is 10.1 Å². The van der Waals surface area contributed by atoms with E-state index in [1.165, 1.54) is 7.11 Å². The molecule has 2 heterocycles. The van der Waals surface area contributed by atoms with Gasteiger partial charge in [-0.15, -0.1) is 5.10 Å². The fourth-order valence-electron chi connectivity index (χ4n) is 1.52. The highest BCUT2D eigenvalue weighted by molar-refractivity contribution is 5.78. The van der Waals surface area contributed by atoms with Crippen molar-refractivity contribution in [1.82, 2.24) is 14.6 Å². The van der Waals surface area contributed by atoms with Crippen LogP contribution in [-0.2, 0) is 9.53 Å². The van der Waals surface area contributed by atoms with Crippen molar-refractivity contribution in [1.29, 1.82) is 0 Å². The van der Waals surface area contributed by atoms with Crippen molar-refractivity contribution >= 4 is 17.6 Å². The number of nitrogens with one attached hydrogen (secondary N) is 1. The first-order chi connectivity index (χ1) is 8.24. The highest BCUT2D eigenvalue weighted by atomic mass is 16.5. The van der Waals surface area contributed by atoms with E-state index in [9.17, 15) is 4.79 Å². The zero-order chi connectivity index (χ0) is 12.3. The van der Waals surface area contributed by atoms with E-state index in [1.807, 2.05) is 25.1 Å². The number of hydrogen-bond donors (Lipinski definition) is 1. The Labute approximate surface area is 98.6 Å². The second kappa shape index (κ2) is 4.82. The fraction of sp³-hybridized carbons (Fsp3) is 0.364. The van der Waals surface area contributed by atoms with Crippen LogP contribution >= 0.6 is 0 Å². The van der Waals surface area contributed by atoms with Crippen LogP contribution in [0.5, 0.6) is 0 Å². The van der Waals surface area contributed by atoms with Gasteiger partial charge in [-0.05, 0) is 18.6 Å². The molecule has 1 unspecified atom stereocenters. The molecule has 2 aromatic rings. The molecule has 0 aliphatic heterocycles. The molecule has 0 saturated heterocycles. The molecule has 0 spiro atoms. The van der Waals surface area contributed by atoms with Gasteiger partial charge in [0.1, 0.15) is 6.04 Å². The monoisotopic (exact) mass is 234 g/mol. The standard InChI is InChI=1S/C11H14N4O2/c1-3-8(10(16)17-2)12-11-13-9-6-4-5-7-15(9)14-11/h4-8H,3H2,1-2H3,(H,12,14). The number of carbonyl (C=O) groups is 1. The maximum atomic E-state index is 11.4. The summed E-state index contributed by atoms with van der Waals surface area (Å²) in [5.74, 6) is 0.111. The lowest BCUT2D eigenvalue weighted by atomic mass is 10.2. The summed E-state index contributed by atoms with van der Waals surface area (Å²) in [6.07, 6.45) is 2.41. The third-order valence-electron chi connectivity index (χ3n) is 2.44. The SMILES string of the molecule is CCC(Nc1nc2ccccn2n1)C(=O)OC. The maximum absolute atomic E-state index is 11.4. The Kier molecular flexibility index (Phi) is 3.22. The van der Waals surface area contributed by atoms with Gasteiger partial charge in [0.15, 0.2) is 5.65 Å². The van der Waals surface area contributed by atoms with Gasteiger partial charge in [-0.2, -0.15) is 4.98 Å². The highest BCUT2D eigenvalue weighted by Crippen LogP contribution is 2.08. The molecule has 1 atom stereocenters. The largest absolute Gasteiger partial charge is 0.467 e. The van der Waals surface area contributed by atoms with Crippen LogP contribution in [0.2, 0.25) is 0 Å². The molecule has 0 aromatic carbocycles. The van der Waals surface area contributed by atoms with Gasteiger partial charge in [0, 0.05) is 6.20 Å². The zero-order valence-corrected chi connectivity index (χ0v) is 9.75. The highest BCUT2D eigenvalue weighted by Gasteiger charge is 2.18. The van der Waals surface area contributed by atoms with Crippen molar-refractivity contribution in [2.24, 2.45) is 0 Å². The van der Waals surface area contributed by atoms with Crippen LogP contribution in [0.3, 0.4) is 0 Å². The summed E-state index contributed by atoms with van der Waals surface area (Å²) >= 11 is 0. The van der Waals surface area contributed by atoms with E-state index in [2.05, 4.69) is 20.1 Å². The fourth-order valence-corrected chi connectivity index (χ4v) is 1.52. The molecule has 2 rings (SSSR count). The van der Waals surface area contributed by atoms with Crippen molar-refractivity contribution in [3.8, 4) is 0 Å². The van der Waals surface area contributed by atoms with Crippen LogP contribution < -0.4 is 5.32 Å². The number of methoxy groups -OCH3 is 1. The second-order valence-corrected chi connectivity index (χ2v) is 3.57. The Hall–Kier alpha value is -2.11. The van der Waals surface area contributed by atoms with Crippen LogP contribution in [0.15, 0.2) is 24.4 Å². The predicted molar refractivity (Wildman–Crippen MR) is 62.7 cm³/mol. The molecular formula is C11H14N4O2. The first-order valence-electron chi connectivity index (χ1n) is 5.40. The van der Waals surface area contributed by atoms with Crippen LogP contribution in [0.1, 0.15) is 13.3 Å². The van der Waals surface area contributed by atoms with E-state index in [1.54, 1.807) is 10.7 Å². The molecule has 0 radical (unpaired) electrons. The molecule has 17 heavy (non-hydrogen) atoms. The smallest absolute Gasteiger partial charge is 0.328 e. The molecule has 0 saturated carbocycles. The van der Waals surface area contributed by atoms with Gasteiger partial charge in [0.2, 0.25) is 5.95 Å². The Morgan fingerprint density at radius 2 is 2.41 bits per heavy atom. The average Bonchev–Trinajstić information content (AvgIpc) is 2.77. The minimum atomic E-state index is -0.419. The Bertz CT molecular complexity index is 490. The van der Waals surface area contributed by atoms with E-state index >= 15 is 0 Å². The number of carbonyl (C=O) groups excluding carboxylic acids is 1. The number of pyridine rings is 1. The van der Waals surface area contributed by atoms with Crippen LogP contribution in [0.4, 0.5) is 5.95 Å². The molecule has 0 fully saturated rings. The van der Waals surface area contributed by atoms with Gasteiger partial charge in [-0.3, -0.25) is 0 Å². The molecule has 1 N–H and O–H groups in total. The molecular weight excluding hydrogens is 220 g/mol. The van der Waals surface area contributed by atoms with Crippen molar-refractivity contribution in [3.05, 3.63) is 24.4 Å². The van der Waals surface area contributed by atoms with Gasteiger partial charge in [0.05, 0.1) is 7.11 Å². The number of aromatic nitrogens is 3. The van der Waals surface area contributed by atoms with Crippen LogP contribution in [-0.4, -0.2) is 33.7 Å². The van der Waals surface area contributed by atoms with E-state index in [4.69, 9.17) is 0 Å². The first kappa shape index (κ1) is 11.4. The molecule has 0 bridgehead atoms. The molecule has 6 nitrogen and oxygen atoms in total. The van der Waals surface area contributed by atoms with E-state index < -0.39 is 6.04 Å². The Balaban J connectivity index is 2.19. The second-order valence-electron chi connectivity index (χ2n) is 3.57. The minimum absolute atomic E-state index is 0.314. The number of ether oxygens (including phenoxy) is 1. The Morgan fingerprint density at radius 3 is 3.06 bits per heavy atom. The molecule has 2 aromatic heterocycles. The number of hydrogen-bond acceptors (Lipinski definition) is 5. The average molecular weight is 234 g/mol. The number of rotatable bonds is 4. The predicted octanol–water partition coefficient (Wildman–Crippen LogP) is 1.09. The van der Waals surface area contributed by atoms with E-state index in [0.717, 1.165) is 5.65 Å². The molecule has 90 valence electrons. The van der Waals surface area contributed by atoms with Gasteiger partial charge >= 0.3 is 5.97 Å². The first-order valence-corrected chi connectivity index (χ1v) is 5.40. The van der Waals surface area contributed by atoms with E-state index in [-0.39, 0.29) is 5.97 Å². The normalized spacial score (nSPS) is 12.4. The van der Waals surface area contributed by atoms with Crippen molar-refractivity contribution in [3.63, 3.8) is 0 Å². The summed E-state index contributed by atoms with van der Waals surface area (Å²) < 4.78 is 6.33. The van der Waals surface area contributed by atoms with Gasteiger partial charge in [-0.1, -0.05) is 13.0 Å². The summed E-state index contributed by atoms with van der Waals surface area (Å²) in [7, 11) is 1.36. The zero-order valence-electron chi connectivity index (χ0n) is 9.75. The number of fused-ring (bicyclic) bond motifs is 1. The molecule has 0 amide bonds. The molecule has 6 heteroatoms. The molecule has 0 aliphatic rings. The van der Waals surface area contributed by atoms with Crippen LogP contribution in [0.25, 0.3) is 5.65 Å². The number of esters is 1. The summed E-state index contributed by atoms with van der Waals surface area (Å²) in [5, 5.41) is 7.16. The number of anilines is 1. The topological polar surface area (TPSA) is 68.5 Å². The lowest BCUT2D eigenvalue weighted by Crippen LogP contribution is -2.30. The van der Waals surface area contributed by atoms with Crippen molar-refractivity contribution in [2.45, 2.75) is 19.4 Å². The minimum Gasteiger partial charge on any atom is -0.467 e. The summed E-state index contributed by atoms with van der Waals surface area (Å²) in [5.41, 5.74) is 0.731. The summed E-state index contributed by atoms with van der Waals surface area (Å²) in [6.45, 7) is 1.89. The maximum Gasteiger partial charge on any atom is 0.328 e. The quantitative estimate of drug-likeness (QED) is 0.802. The third-order valence-corrected chi connectivity index (χ3v) is 2.44.